The Bertz CT molecular complexity index is 745. The van der Waals surface area contributed by atoms with E-state index in [0.29, 0.717) is 31.3 Å². The van der Waals surface area contributed by atoms with E-state index in [-0.39, 0.29) is 11.9 Å². The Morgan fingerprint density at radius 2 is 2.00 bits per heavy atom. The largest absolute Gasteiger partial charge is 0.454 e. The highest BCUT2D eigenvalue weighted by Gasteiger charge is 2.27. The van der Waals surface area contributed by atoms with Crippen molar-refractivity contribution in [2.45, 2.75) is 52.7 Å². The van der Waals surface area contributed by atoms with E-state index >= 15 is 0 Å². The predicted octanol–water partition coefficient (Wildman–Crippen LogP) is 2.42. The van der Waals surface area contributed by atoms with Crippen LogP contribution < -0.4 is 11.1 Å². The molecule has 2 amide bonds. The molecule has 0 radical (unpaired) electrons. The van der Waals surface area contributed by atoms with Gasteiger partial charge in [0.05, 0.1) is 6.54 Å². The second-order valence-corrected chi connectivity index (χ2v) is 8.48. The van der Waals surface area contributed by atoms with Gasteiger partial charge in [-0.1, -0.05) is 0 Å². The van der Waals surface area contributed by atoms with Crippen LogP contribution in [0.4, 0.5) is 4.79 Å². The fourth-order valence-corrected chi connectivity index (χ4v) is 3.40. The average Bonchev–Trinajstić information content (AvgIpc) is 3.15. The number of furan rings is 1. The van der Waals surface area contributed by atoms with Crippen LogP contribution in [0.2, 0.25) is 0 Å². The number of amides is 2. The Balaban J connectivity index is 1.82. The first-order valence-electron chi connectivity index (χ1n) is 10.4. The minimum Gasteiger partial charge on any atom is -0.454 e. The van der Waals surface area contributed by atoms with Gasteiger partial charge in [0.2, 0.25) is 0 Å². The van der Waals surface area contributed by atoms with Gasteiger partial charge < -0.3 is 30.0 Å². The molecule has 30 heavy (non-hydrogen) atoms. The van der Waals surface area contributed by atoms with Gasteiger partial charge in [-0.2, -0.15) is 0 Å². The van der Waals surface area contributed by atoms with Crippen LogP contribution in [0.25, 0.3) is 0 Å². The van der Waals surface area contributed by atoms with Gasteiger partial charge in [0, 0.05) is 33.2 Å². The number of rotatable bonds is 6. The third-order valence-corrected chi connectivity index (χ3v) is 4.96. The zero-order valence-corrected chi connectivity index (χ0v) is 18.7. The summed E-state index contributed by atoms with van der Waals surface area (Å²) in [4.78, 5) is 31.8. The van der Waals surface area contributed by atoms with E-state index in [1.165, 1.54) is 0 Å². The van der Waals surface area contributed by atoms with Crippen molar-refractivity contribution in [3.63, 3.8) is 0 Å². The maximum Gasteiger partial charge on any atom is 0.410 e. The fraction of sp³-hybridized carbons (Fsp3) is 0.667. The summed E-state index contributed by atoms with van der Waals surface area (Å²) in [6.07, 6.45) is 1.68. The van der Waals surface area contributed by atoms with Gasteiger partial charge in [-0.15, -0.1) is 0 Å². The third kappa shape index (κ3) is 6.96. The van der Waals surface area contributed by atoms with E-state index < -0.39 is 11.5 Å². The number of nitrogens with one attached hydrogen (secondary N) is 1. The molecule has 1 aliphatic rings. The standard InChI is InChI=1S/C21H35N5O4/c1-6-25(20(28)30-21(2,3)4)14-15-9-11-26(12-10-15)19(23-5)24-13-16-7-8-17(29-16)18(22)27/h7-8,15H,6,9-14H2,1-5H3,(H2,22,27)(H,23,24). The van der Waals surface area contributed by atoms with Crippen molar-refractivity contribution < 1.29 is 18.7 Å². The number of ether oxygens (including phenoxy) is 1. The van der Waals surface area contributed by atoms with Gasteiger partial charge in [0.1, 0.15) is 11.4 Å². The third-order valence-electron chi connectivity index (χ3n) is 4.96. The normalized spacial score (nSPS) is 15.8. The first-order chi connectivity index (χ1) is 14.1. The van der Waals surface area contributed by atoms with Crippen molar-refractivity contribution >= 4 is 18.0 Å². The predicted molar refractivity (Wildman–Crippen MR) is 115 cm³/mol. The van der Waals surface area contributed by atoms with Crippen molar-refractivity contribution in [1.82, 2.24) is 15.1 Å². The number of guanidine groups is 1. The fourth-order valence-electron chi connectivity index (χ4n) is 3.40. The van der Waals surface area contributed by atoms with E-state index in [4.69, 9.17) is 14.9 Å². The number of hydrogen-bond donors (Lipinski definition) is 2. The molecule has 1 fully saturated rings. The Hall–Kier alpha value is -2.71. The Morgan fingerprint density at radius 1 is 1.33 bits per heavy atom. The zero-order valence-electron chi connectivity index (χ0n) is 18.7. The van der Waals surface area contributed by atoms with Gasteiger partial charge in [0.25, 0.3) is 5.91 Å². The molecule has 3 N–H and O–H groups in total. The Kier molecular flexibility index (Phi) is 8.14. The van der Waals surface area contributed by atoms with Gasteiger partial charge in [-0.25, -0.2) is 4.79 Å². The second-order valence-electron chi connectivity index (χ2n) is 8.48. The maximum atomic E-state index is 12.4. The van der Waals surface area contributed by atoms with Crippen molar-refractivity contribution in [2.24, 2.45) is 16.6 Å². The number of primary amides is 1. The summed E-state index contributed by atoms with van der Waals surface area (Å²) in [5.41, 5.74) is 4.73. The number of piperidine rings is 1. The van der Waals surface area contributed by atoms with Gasteiger partial charge in [0.15, 0.2) is 11.7 Å². The molecule has 0 spiro atoms. The van der Waals surface area contributed by atoms with E-state index in [1.54, 1.807) is 24.1 Å². The number of carbonyl (C=O) groups excluding carboxylic acids is 2. The highest BCUT2D eigenvalue weighted by molar-refractivity contribution is 5.89. The molecule has 9 nitrogen and oxygen atoms in total. The number of nitrogens with zero attached hydrogens (tertiary/aromatic N) is 3. The molecule has 1 saturated heterocycles. The highest BCUT2D eigenvalue weighted by Crippen LogP contribution is 2.20. The van der Waals surface area contributed by atoms with Crippen LogP contribution in [0.3, 0.4) is 0 Å². The lowest BCUT2D eigenvalue weighted by atomic mass is 9.96. The lowest BCUT2D eigenvalue weighted by Gasteiger charge is -2.36. The molecule has 1 aliphatic heterocycles. The topological polar surface area (TPSA) is 113 Å². The number of hydrogen-bond acceptors (Lipinski definition) is 5. The molecule has 0 bridgehead atoms. The molecule has 2 rings (SSSR count). The Morgan fingerprint density at radius 3 is 2.50 bits per heavy atom. The van der Waals surface area contributed by atoms with E-state index in [0.717, 1.165) is 31.9 Å². The molecule has 1 aromatic heterocycles. The quantitative estimate of drug-likeness (QED) is 0.539. The summed E-state index contributed by atoms with van der Waals surface area (Å²) in [7, 11) is 1.74. The minimum atomic E-state index is -0.583. The van der Waals surface area contributed by atoms with Crippen molar-refractivity contribution in [3.8, 4) is 0 Å². The summed E-state index contributed by atoms with van der Waals surface area (Å²) >= 11 is 0. The summed E-state index contributed by atoms with van der Waals surface area (Å²) < 4.78 is 10.9. The second kappa shape index (κ2) is 10.4. The van der Waals surface area contributed by atoms with E-state index in [2.05, 4.69) is 15.2 Å². The molecular weight excluding hydrogens is 386 g/mol. The van der Waals surface area contributed by atoms with Crippen molar-refractivity contribution in [1.29, 1.82) is 0 Å². The lowest BCUT2D eigenvalue weighted by molar-refractivity contribution is 0.0214. The van der Waals surface area contributed by atoms with Crippen LogP contribution >= 0.6 is 0 Å². The van der Waals surface area contributed by atoms with E-state index in [1.807, 2.05) is 27.7 Å². The van der Waals surface area contributed by atoms with Gasteiger partial charge in [-0.3, -0.25) is 9.79 Å². The van der Waals surface area contributed by atoms with Crippen molar-refractivity contribution in [2.75, 3.05) is 33.2 Å². The first-order valence-corrected chi connectivity index (χ1v) is 10.4. The van der Waals surface area contributed by atoms with Gasteiger partial charge in [-0.05, 0) is 58.6 Å². The molecule has 9 heteroatoms. The Labute approximate surface area is 178 Å². The summed E-state index contributed by atoms with van der Waals surface area (Å²) in [5, 5.41) is 3.26. The molecular formula is C21H35N5O4. The minimum absolute atomic E-state index is 0.146. The lowest BCUT2D eigenvalue weighted by Crippen LogP contribution is -2.47. The van der Waals surface area contributed by atoms with Crippen LogP contribution in [0.5, 0.6) is 0 Å². The number of nitrogens with two attached hydrogens (primary N) is 1. The smallest absolute Gasteiger partial charge is 0.410 e. The molecule has 0 aliphatic carbocycles. The molecule has 2 heterocycles. The molecule has 0 atom stereocenters. The van der Waals surface area contributed by atoms with Gasteiger partial charge >= 0.3 is 6.09 Å². The molecule has 0 unspecified atom stereocenters. The SMILES string of the molecule is CCN(CC1CCN(C(=NC)NCc2ccc(C(N)=O)o2)CC1)C(=O)OC(C)(C)C. The molecule has 168 valence electrons. The van der Waals surface area contributed by atoms with Crippen molar-refractivity contribution in [3.05, 3.63) is 23.7 Å². The summed E-state index contributed by atoms with van der Waals surface area (Å²) in [6, 6.07) is 3.29. The average molecular weight is 422 g/mol. The molecule has 0 saturated carbocycles. The first kappa shape index (κ1) is 23.6. The van der Waals surface area contributed by atoms with E-state index in [9.17, 15) is 9.59 Å². The number of likely N-dealkylation sites (tertiary alicyclic amines) is 1. The van der Waals surface area contributed by atoms with Crippen LogP contribution in [0.1, 0.15) is 56.9 Å². The highest BCUT2D eigenvalue weighted by atomic mass is 16.6. The molecule has 0 aromatic carbocycles. The number of carbonyl (C=O) groups is 2. The van der Waals surface area contributed by atoms with Crippen LogP contribution in [-0.2, 0) is 11.3 Å². The summed E-state index contributed by atoms with van der Waals surface area (Å²) in [5.74, 6) is 1.39. The van der Waals surface area contributed by atoms with Crippen LogP contribution in [0.15, 0.2) is 21.5 Å². The maximum absolute atomic E-state index is 12.4. The number of aliphatic imine (C=N–C) groups is 1. The van der Waals surface area contributed by atoms with Crippen LogP contribution in [-0.4, -0.2) is 66.6 Å². The zero-order chi connectivity index (χ0) is 22.3. The molecule has 1 aromatic rings. The van der Waals surface area contributed by atoms with Crippen LogP contribution in [0, 0.1) is 5.92 Å². The monoisotopic (exact) mass is 421 g/mol. The summed E-state index contributed by atoms with van der Waals surface area (Å²) in [6.45, 7) is 11.1.